The molecule has 2 aromatic rings. The van der Waals surface area contributed by atoms with Gasteiger partial charge in [0.25, 0.3) is 5.92 Å². The van der Waals surface area contributed by atoms with Gasteiger partial charge in [-0.2, -0.15) is 8.78 Å². The Morgan fingerprint density at radius 3 is 2.35 bits per heavy atom. The van der Waals surface area contributed by atoms with Crippen LogP contribution >= 0.6 is 0 Å². The van der Waals surface area contributed by atoms with E-state index in [0.29, 0.717) is 36.0 Å². The lowest BCUT2D eigenvalue weighted by Gasteiger charge is -2.23. The lowest BCUT2D eigenvalue weighted by Crippen LogP contribution is -2.18. The van der Waals surface area contributed by atoms with Crippen LogP contribution in [0.4, 0.5) is 8.78 Å². The molecule has 0 saturated carbocycles. The van der Waals surface area contributed by atoms with Crippen LogP contribution in [0.3, 0.4) is 0 Å². The van der Waals surface area contributed by atoms with E-state index in [1.165, 1.54) is 25.3 Å². The zero-order valence-corrected chi connectivity index (χ0v) is 12.6. The highest BCUT2D eigenvalue weighted by Crippen LogP contribution is 2.43. The number of rotatable bonds is 4. The molecule has 3 rings (SSSR count). The van der Waals surface area contributed by atoms with Crippen molar-refractivity contribution in [2.45, 2.75) is 5.92 Å². The average molecular weight is 318 g/mol. The molecular weight excluding hydrogens is 302 g/mol. The quantitative estimate of drug-likeness (QED) is 0.842. The summed E-state index contributed by atoms with van der Waals surface area (Å²) in [6.45, 7) is 4.34. The number of hydrogen-bond acceptors (Lipinski definition) is 3. The van der Waals surface area contributed by atoms with E-state index in [1.54, 1.807) is 24.3 Å². The molecule has 0 fully saturated rings. The van der Waals surface area contributed by atoms with Crippen LogP contribution in [-0.2, 0) is 5.92 Å². The third-order valence-electron chi connectivity index (χ3n) is 3.72. The van der Waals surface area contributed by atoms with E-state index in [1.807, 2.05) is 0 Å². The molecule has 0 atom stereocenters. The van der Waals surface area contributed by atoms with Crippen LogP contribution in [0, 0.1) is 0 Å². The highest BCUT2D eigenvalue weighted by molar-refractivity contribution is 5.71. The molecule has 0 aromatic heterocycles. The van der Waals surface area contributed by atoms with Gasteiger partial charge in [0.2, 0.25) is 0 Å². The molecule has 120 valence electrons. The van der Waals surface area contributed by atoms with Crippen molar-refractivity contribution < 1.29 is 23.0 Å². The predicted octanol–water partition coefficient (Wildman–Crippen LogP) is 4.27. The van der Waals surface area contributed by atoms with Crippen molar-refractivity contribution in [3.63, 3.8) is 0 Å². The average Bonchev–Trinajstić information content (AvgIpc) is 2.60. The second-order valence-electron chi connectivity index (χ2n) is 5.14. The first kappa shape index (κ1) is 15.3. The highest BCUT2D eigenvalue weighted by atomic mass is 19.3. The Morgan fingerprint density at radius 1 is 1.04 bits per heavy atom. The molecule has 0 radical (unpaired) electrons. The predicted molar refractivity (Wildman–Crippen MR) is 83.4 cm³/mol. The molecule has 0 N–H and O–H groups in total. The molecule has 1 aliphatic rings. The number of alkyl halides is 2. The Bertz CT molecular complexity index is 724. The van der Waals surface area contributed by atoms with E-state index in [9.17, 15) is 8.78 Å². The number of fused-ring (bicyclic) bond motifs is 1. The van der Waals surface area contributed by atoms with Crippen molar-refractivity contribution >= 4 is 5.57 Å². The van der Waals surface area contributed by atoms with Crippen LogP contribution in [0.1, 0.15) is 11.1 Å². The Kier molecular flexibility index (Phi) is 3.94. The Balaban J connectivity index is 1.91. The largest absolute Gasteiger partial charge is 0.497 e. The SMILES string of the molecule is C=C(c1ccc(OC)cc1)C(F)(F)c1ccc2c(c1)OCCO2. The van der Waals surface area contributed by atoms with Crippen molar-refractivity contribution in [2.75, 3.05) is 20.3 Å². The third kappa shape index (κ3) is 2.86. The number of ether oxygens (including phenoxy) is 3. The van der Waals surface area contributed by atoms with Gasteiger partial charge in [-0.15, -0.1) is 0 Å². The van der Waals surface area contributed by atoms with Crippen LogP contribution in [-0.4, -0.2) is 20.3 Å². The number of hydrogen-bond donors (Lipinski definition) is 0. The van der Waals surface area contributed by atoms with Crippen LogP contribution < -0.4 is 14.2 Å². The monoisotopic (exact) mass is 318 g/mol. The van der Waals surface area contributed by atoms with Gasteiger partial charge >= 0.3 is 0 Å². The maximum atomic E-state index is 14.8. The Labute approximate surface area is 133 Å². The summed E-state index contributed by atoms with van der Waals surface area (Å²) in [7, 11) is 1.52. The molecule has 0 bridgehead atoms. The summed E-state index contributed by atoms with van der Waals surface area (Å²) in [5.74, 6) is -1.81. The Hall–Kier alpha value is -2.56. The second kappa shape index (κ2) is 5.91. The van der Waals surface area contributed by atoms with Crippen molar-refractivity contribution in [3.8, 4) is 17.2 Å². The maximum absolute atomic E-state index is 14.8. The molecule has 1 heterocycles. The van der Waals surface area contributed by atoms with E-state index in [0.717, 1.165) is 0 Å². The summed E-state index contributed by atoms with van der Waals surface area (Å²) >= 11 is 0. The lowest BCUT2D eigenvalue weighted by atomic mass is 9.95. The van der Waals surface area contributed by atoms with E-state index in [2.05, 4.69) is 6.58 Å². The normalized spacial score (nSPS) is 13.5. The standard InChI is InChI=1S/C18H16F2O3/c1-12(13-3-6-15(21-2)7-4-13)18(19,20)14-5-8-16-17(11-14)23-10-9-22-16/h3-8,11H,1,9-10H2,2H3. The summed E-state index contributed by atoms with van der Waals surface area (Å²) in [6.07, 6.45) is 0. The van der Waals surface area contributed by atoms with Gasteiger partial charge in [0.1, 0.15) is 19.0 Å². The molecular formula is C18H16F2O3. The van der Waals surface area contributed by atoms with Crippen molar-refractivity contribution in [3.05, 3.63) is 60.2 Å². The van der Waals surface area contributed by atoms with Gasteiger partial charge in [-0.05, 0) is 35.9 Å². The van der Waals surface area contributed by atoms with Gasteiger partial charge in [0.05, 0.1) is 7.11 Å². The van der Waals surface area contributed by atoms with Crippen molar-refractivity contribution in [1.82, 2.24) is 0 Å². The van der Waals surface area contributed by atoms with Gasteiger partial charge in [-0.25, -0.2) is 0 Å². The van der Waals surface area contributed by atoms with Gasteiger partial charge < -0.3 is 14.2 Å². The minimum absolute atomic E-state index is 0.178. The topological polar surface area (TPSA) is 27.7 Å². The van der Waals surface area contributed by atoms with Gasteiger partial charge in [0.15, 0.2) is 11.5 Å². The zero-order chi connectivity index (χ0) is 16.4. The first-order valence-corrected chi connectivity index (χ1v) is 7.14. The van der Waals surface area contributed by atoms with Gasteiger partial charge in [-0.1, -0.05) is 18.7 Å². The minimum atomic E-state index is -3.22. The maximum Gasteiger partial charge on any atom is 0.298 e. The molecule has 5 heteroatoms. The third-order valence-corrected chi connectivity index (χ3v) is 3.72. The number of allylic oxidation sites excluding steroid dienone is 1. The van der Waals surface area contributed by atoms with Crippen LogP contribution in [0.15, 0.2) is 49.0 Å². The Morgan fingerprint density at radius 2 is 1.70 bits per heavy atom. The van der Waals surface area contributed by atoms with Gasteiger partial charge in [-0.3, -0.25) is 0 Å². The summed E-state index contributed by atoms with van der Waals surface area (Å²) < 4.78 is 45.3. The summed E-state index contributed by atoms with van der Waals surface area (Å²) in [5, 5.41) is 0. The molecule has 3 nitrogen and oxygen atoms in total. The molecule has 0 unspecified atom stereocenters. The molecule has 23 heavy (non-hydrogen) atoms. The zero-order valence-electron chi connectivity index (χ0n) is 12.6. The fourth-order valence-corrected chi connectivity index (χ4v) is 2.39. The second-order valence-corrected chi connectivity index (χ2v) is 5.14. The smallest absolute Gasteiger partial charge is 0.298 e. The molecule has 2 aromatic carbocycles. The first-order chi connectivity index (χ1) is 11.0. The summed E-state index contributed by atoms with van der Waals surface area (Å²) in [5.41, 5.74) is -0.106. The molecule has 0 saturated heterocycles. The molecule has 0 amide bonds. The summed E-state index contributed by atoms with van der Waals surface area (Å²) in [4.78, 5) is 0. The number of benzene rings is 2. The molecule has 0 aliphatic carbocycles. The van der Waals surface area contributed by atoms with E-state index in [4.69, 9.17) is 14.2 Å². The highest BCUT2D eigenvalue weighted by Gasteiger charge is 2.37. The summed E-state index contributed by atoms with van der Waals surface area (Å²) in [6, 6.07) is 10.5. The van der Waals surface area contributed by atoms with Crippen LogP contribution in [0.25, 0.3) is 5.57 Å². The fourth-order valence-electron chi connectivity index (χ4n) is 2.39. The van der Waals surface area contributed by atoms with E-state index >= 15 is 0 Å². The van der Waals surface area contributed by atoms with Gasteiger partial charge in [0, 0.05) is 11.1 Å². The van der Waals surface area contributed by atoms with Crippen molar-refractivity contribution in [2.24, 2.45) is 0 Å². The van der Waals surface area contributed by atoms with E-state index < -0.39 is 5.92 Å². The lowest BCUT2D eigenvalue weighted by molar-refractivity contribution is 0.0638. The minimum Gasteiger partial charge on any atom is -0.497 e. The van der Waals surface area contributed by atoms with Crippen LogP contribution in [0.2, 0.25) is 0 Å². The van der Waals surface area contributed by atoms with E-state index in [-0.39, 0.29) is 11.1 Å². The number of methoxy groups -OCH3 is 1. The molecule has 1 aliphatic heterocycles. The first-order valence-electron chi connectivity index (χ1n) is 7.14. The fraction of sp³-hybridized carbons (Fsp3) is 0.222. The number of halogens is 2. The van der Waals surface area contributed by atoms with Crippen molar-refractivity contribution in [1.29, 1.82) is 0 Å². The molecule has 0 spiro atoms. The van der Waals surface area contributed by atoms with Crippen LogP contribution in [0.5, 0.6) is 17.2 Å².